The zero-order valence-corrected chi connectivity index (χ0v) is 17.6. The summed E-state index contributed by atoms with van der Waals surface area (Å²) >= 11 is 0. The highest BCUT2D eigenvalue weighted by atomic mass is 19.3. The molecule has 3 aromatic rings. The van der Waals surface area contributed by atoms with Gasteiger partial charge in [0, 0.05) is 18.7 Å². The maximum atomic E-state index is 13.3. The Morgan fingerprint density at radius 2 is 2.09 bits per heavy atom. The third-order valence-corrected chi connectivity index (χ3v) is 6.18. The first kappa shape index (κ1) is 21.3. The molecule has 170 valence electrons. The van der Waals surface area contributed by atoms with Crippen LogP contribution in [0, 0.1) is 11.3 Å². The van der Waals surface area contributed by atoms with Gasteiger partial charge in [-0.2, -0.15) is 10.4 Å². The maximum absolute atomic E-state index is 13.3. The molecule has 2 aliphatic carbocycles. The second-order valence-corrected chi connectivity index (χ2v) is 8.68. The molecule has 3 N–H and O–H groups in total. The first-order valence-electron chi connectivity index (χ1n) is 10.9. The van der Waals surface area contributed by atoms with E-state index in [9.17, 15) is 18.7 Å². The highest BCUT2D eigenvalue weighted by Gasteiger charge is 2.58. The summed E-state index contributed by atoms with van der Waals surface area (Å²) < 4.78 is 28.3. The predicted octanol–water partition coefficient (Wildman–Crippen LogP) is 3.12. The minimum absolute atomic E-state index is 0.0571. The summed E-state index contributed by atoms with van der Waals surface area (Å²) in [7, 11) is 0. The number of fused-ring (bicyclic) bond motifs is 1. The molecule has 33 heavy (non-hydrogen) atoms. The minimum atomic E-state index is -2.87. The number of aliphatic hydroxyl groups excluding tert-OH is 1. The summed E-state index contributed by atoms with van der Waals surface area (Å²) in [4.78, 5) is 17.2. The van der Waals surface area contributed by atoms with Crippen molar-refractivity contribution in [3.8, 4) is 17.5 Å². The van der Waals surface area contributed by atoms with E-state index < -0.39 is 24.0 Å². The molecule has 8 nitrogen and oxygen atoms in total. The van der Waals surface area contributed by atoms with Crippen molar-refractivity contribution in [1.82, 2.24) is 19.9 Å². The van der Waals surface area contributed by atoms with Crippen molar-refractivity contribution < 1.29 is 18.7 Å². The number of pyridine rings is 1. The third kappa shape index (κ3) is 4.24. The number of carbonyl (C=O) groups excluding carboxylic acids is 1. The standard InChI is InChI=1S/C23H22F2N6O2/c24-23(25)9-21(23)30-22(33)17-12-27-19(8-18(17)29-14-2-1-3-16(32)7-14)20-5-4-15-6-13(10-26)11-28-31(15)20/h4-6,8,11-12,14,16,21,32H,1-3,7,9H2,(H,27,29)(H,30,33)/t14-,16+,21?/m0/s1. The smallest absolute Gasteiger partial charge is 0.270 e. The Balaban J connectivity index is 1.49. The van der Waals surface area contributed by atoms with Crippen LogP contribution >= 0.6 is 0 Å². The number of aromatic nitrogens is 3. The number of nitrogens with zero attached hydrogens (tertiary/aromatic N) is 4. The van der Waals surface area contributed by atoms with Gasteiger partial charge in [0.1, 0.15) is 6.07 Å². The van der Waals surface area contributed by atoms with Crippen molar-refractivity contribution >= 4 is 17.1 Å². The van der Waals surface area contributed by atoms with Crippen molar-refractivity contribution in [3.05, 3.63) is 47.8 Å². The molecule has 3 heterocycles. The first-order valence-corrected chi connectivity index (χ1v) is 10.9. The van der Waals surface area contributed by atoms with E-state index in [2.05, 4.69) is 26.8 Å². The van der Waals surface area contributed by atoms with E-state index in [0.717, 1.165) is 19.3 Å². The first-order chi connectivity index (χ1) is 15.8. The van der Waals surface area contributed by atoms with E-state index in [0.29, 0.717) is 34.6 Å². The van der Waals surface area contributed by atoms with E-state index in [-0.39, 0.29) is 18.0 Å². The Kier molecular flexibility index (Phi) is 5.21. The van der Waals surface area contributed by atoms with Crippen LogP contribution in [0.3, 0.4) is 0 Å². The van der Waals surface area contributed by atoms with Crippen molar-refractivity contribution in [1.29, 1.82) is 5.26 Å². The van der Waals surface area contributed by atoms with Gasteiger partial charge in [-0.3, -0.25) is 9.78 Å². The molecule has 2 fully saturated rings. The summed E-state index contributed by atoms with van der Waals surface area (Å²) in [6.45, 7) is 0. The second kappa shape index (κ2) is 8.08. The summed E-state index contributed by atoms with van der Waals surface area (Å²) in [5.41, 5.74) is 2.96. The molecule has 5 rings (SSSR count). The molecule has 0 saturated heterocycles. The lowest BCUT2D eigenvalue weighted by Crippen LogP contribution is -2.33. The van der Waals surface area contributed by atoms with Crippen molar-refractivity contribution in [2.75, 3.05) is 5.32 Å². The van der Waals surface area contributed by atoms with Crippen LogP contribution in [0.15, 0.2) is 36.7 Å². The molecule has 1 unspecified atom stereocenters. The van der Waals surface area contributed by atoms with Crippen molar-refractivity contribution in [3.63, 3.8) is 0 Å². The summed E-state index contributed by atoms with van der Waals surface area (Å²) in [5.74, 6) is -3.49. The Labute approximate surface area is 188 Å². The Bertz CT molecular complexity index is 1270. The molecule has 0 aromatic carbocycles. The lowest BCUT2D eigenvalue weighted by Gasteiger charge is -2.28. The molecule has 2 saturated carbocycles. The Morgan fingerprint density at radius 3 is 2.82 bits per heavy atom. The van der Waals surface area contributed by atoms with E-state index in [1.165, 1.54) is 12.4 Å². The number of aliphatic hydroxyl groups is 1. The fourth-order valence-corrected chi connectivity index (χ4v) is 4.27. The average molecular weight is 452 g/mol. The van der Waals surface area contributed by atoms with Gasteiger partial charge in [0.25, 0.3) is 11.8 Å². The lowest BCUT2D eigenvalue weighted by atomic mass is 9.92. The molecular formula is C23H22F2N6O2. The number of nitrogens with one attached hydrogen (secondary N) is 2. The fraction of sp³-hybridized carbons (Fsp3) is 0.391. The van der Waals surface area contributed by atoms with Crippen molar-refractivity contribution in [2.24, 2.45) is 0 Å². The van der Waals surface area contributed by atoms with Crippen LogP contribution in [-0.4, -0.2) is 49.7 Å². The lowest BCUT2D eigenvalue weighted by molar-refractivity contribution is 0.0849. The predicted molar refractivity (Wildman–Crippen MR) is 116 cm³/mol. The van der Waals surface area contributed by atoms with Gasteiger partial charge in [-0.1, -0.05) is 0 Å². The number of nitriles is 1. The minimum Gasteiger partial charge on any atom is -0.393 e. The number of anilines is 1. The van der Waals surface area contributed by atoms with E-state index >= 15 is 0 Å². The average Bonchev–Trinajstić information content (AvgIpc) is 3.18. The van der Waals surface area contributed by atoms with Gasteiger partial charge in [0.05, 0.1) is 52.1 Å². The molecule has 1 amide bonds. The molecule has 0 spiro atoms. The van der Waals surface area contributed by atoms with Crippen LogP contribution in [-0.2, 0) is 0 Å². The zero-order chi connectivity index (χ0) is 23.2. The zero-order valence-electron chi connectivity index (χ0n) is 17.6. The number of rotatable bonds is 5. The molecule has 0 bridgehead atoms. The van der Waals surface area contributed by atoms with Crippen LogP contribution < -0.4 is 10.6 Å². The molecule has 10 heteroatoms. The summed E-state index contributed by atoms with van der Waals surface area (Å²) in [5, 5.41) is 29.1. The van der Waals surface area contributed by atoms with Crippen LogP contribution in [0.5, 0.6) is 0 Å². The number of carbonyl (C=O) groups is 1. The van der Waals surface area contributed by atoms with Gasteiger partial charge < -0.3 is 15.7 Å². The fourth-order valence-electron chi connectivity index (χ4n) is 4.27. The van der Waals surface area contributed by atoms with Gasteiger partial charge in [0.15, 0.2) is 0 Å². The summed E-state index contributed by atoms with van der Waals surface area (Å²) in [6, 6.07) is 7.85. The summed E-state index contributed by atoms with van der Waals surface area (Å²) in [6.07, 6.45) is 4.97. The van der Waals surface area contributed by atoms with E-state index in [1.807, 2.05) is 12.1 Å². The normalized spacial score (nSPS) is 23.6. The Morgan fingerprint density at radius 1 is 1.27 bits per heavy atom. The maximum Gasteiger partial charge on any atom is 0.270 e. The topological polar surface area (TPSA) is 115 Å². The molecule has 2 aliphatic rings. The molecule has 3 atom stereocenters. The van der Waals surface area contributed by atoms with Gasteiger partial charge >= 0.3 is 0 Å². The Hall–Kier alpha value is -3.58. The SMILES string of the molecule is N#Cc1cnn2c(-c3cc(N[C@H]4CCC[C@@H](O)C4)c(C(=O)NC4CC4(F)F)cn3)ccc2c1. The van der Waals surface area contributed by atoms with E-state index in [1.54, 1.807) is 16.6 Å². The third-order valence-electron chi connectivity index (χ3n) is 6.18. The van der Waals surface area contributed by atoms with Gasteiger partial charge in [0.2, 0.25) is 0 Å². The number of alkyl halides is 2. The quantitative estimate of drug-likeness (QED) is 0.548. The van der Waals surface area contributed by atoms with Gasteiger partial charge in [-0.25, -0.2) is 13.3 Å². The molecule has 0 aliphatic heterocycles. The van der Waals surface area contributed by atoms with Gasteiger partial charge in [-0.05, 0) is 49.9 Å². The molecule has 0 radical (unpaired) electrons. The largest absolute Gasteiger partial charge is 0.393 e. The number of hydrogen-bond donors (Lipinski definition) is 3. The van der Waals surface area contributed by atoms with E-state index in [4.69, 9.17) is 5.26 Å². The van der Waals surface area contributed by atoms with Crippen molar-refractivity contribution in [2.45, 2.75) is 56.2 Å². The van der Waals surface area contributed by atoms with Crippen LogP contribution in [0.1, 0.15) is 48.0 Å². The molecular weight excluding hydrogens is 430 g/mol. The number of hydrogen-bond acceptors (Lipinski definition) is 6. The van der Waals surface area contributed by atoms with Crippen LogP contribution in [0.4, 0.5) is 14.5 Å². The second-order valence-electron chi connectivity index (χ2n) is 8.68. The van der Waals surface area contributed by atoms with Gasteiger partial charge in [-0.15, -0.1) is 0 Å². The molecule has 3 aromatic heterocycles. The number of halogens is 2. The number of amides is 1. The van der Waals surface area contributed by atoms with Crippen LogP contribution in [0.2, 0.25) is 0 Å². The highest BCUT2D eigenvalue weighted by Crippen LogP contribution is 2.42. The van der Waals surface area contributed by atoms with Crippen LogP contribution in [0.25, 0.3) is 16.9 Å². The monoisotopic (exact) mass is 452 g/mol. The highest BCUT2D eigenvalue weighted by molar-refractivity contribution is 6.00.